The van der Waals surface area contributed by atoms with Crippen molar-refractivity contribution in [3.05, 3.63) is 36.8 Å². The van der Waals surface area contributed by atoms with Gasteiger partial charge in [0.15, 0.2) is 0 Å². The van der Waals surface area contributed by atoms with Gasteiger partial charge < -0.3 is 20.2 Å². The Labute approximate surface area is 105 Å². The van der Waals surface area contributed by atoms with Crippen molar-refractivity contribution in [2.45, 2.75) is 25.4 Å². The molecule has 0 aliphatic heterocycles. The lowest BCUT2D eigenvalue weighted by atomic mass is 10.2. The summed E-state index contributed by atoms with van der Waals surface area (Å²) < 4.78 is 5.12. The van der Waals surface area contributed by atoms with E-state index in [1.54, 1.807) is 19.1 Å². The van der Waals surface area contributed by atoms with Crippen LogP contribution >= 0.6 is 0 Å². The first-order valence-corrected chi connectivity index (χ1v) is 5.48. The highest BCUT2D eigenvalue weighted by molar-refractivity contribution is 5.82. The molecule has 2 atom stereocenters. The maximum atomic E-state index is 11.6. The number of carboxylic acids is 1. The first-order valence-electron chi connectivity index (χ1n) is 5.48. The summed E-state index contributed by atoms with van der Waals surface area (Å²) in [6, 6.07) is 1.56. The molecule has 0 saturated heterocycles. The molecule has 0 bridgehead atoms. The molecule has 0 saturated carbocycles. The highest BCUT2D eigenvalue weighted by atomic mass is 16.4. The molecule has 2 unspecified atom stereocenters. The van der Waals surface area contributed by atoms with Crippen molar-refractivity contribution in [3.63, 3.8) is 0 Å². The van der Waals surface area contributed by atoms with E-state index in [9.17, 15) is 9.59 Å². The summed E-state index contributed by atoms with van der Waals surface area (Å²) in [6.07, 6.45) is 3.11. The first-order chi connectivity index (χ1) is 8.54. The summed E-state index contributed by atoms with van der Waals surface area (Å²) in [5, 5.41) is 13.8. The van der Waals surface area contributed by atoms with Gasteiger partial charge in [0.1, 0.15) is 11.8 Å². The van der Waals surface area contributed by atoms with E-state index in [1.807, 2.05) is 0 Å². The molecule has 0 aliphatic carbocycles. The van der Waals surface area contributed by atoms with E-state index >= 15 is 0 Å². The van der Waals surface area contributed by atoms with Crippen LogP contribution in [0.15, 0.2) is 35.5 Å². The molecule has 6 nitrogen and oxygen atoms in total. The third-order valence-electron chi connectivity index (χ3n) is 2.32. The summed E-state index contributed by atoms with van der Waals surface area (Å²) in [7, 11) is 0. The van der Waals surface area contributed by atoms with Crippen LogP contribution in [0, 0.1) is 0 Å². The van der Waals surface area contributed by atoms with Gasteiger partial charge in [0.2, 0.25) is 0 Å². The number of aliphatic carboxylic acids is 1. The van der Waals surface area contributed by atoms with Gasteiger partial charge in [0, 0.05) is 0 Å². The number of urea groups is 1. The molecule has 98 valence electrons. The van der Waals surface area contributed by atoms with Gasteiger partial charge >= 0.3 is 12.0 Å². The SMILES string of the molecule is C=CCC(NC(=O)NC(C)c1ccco1)C(=O)O. The molecule has 0 fully saturated rings. The van der Waals surface area contributed by atoms with Crippen LogP contribution in [0.5, 0.6) is 0 Å². The molecule has 0 aliphatic rings. The van der Waals surface area contributed by atoms with E-state index in [0.29, 0.717) is 5.76 Å². The Balaban J connectivity index is 2.50. The number of rotatable bonds is 6. The molecule has 18 heavy (non-hydrogen) atoms. The zero-order chi connectivity index (χ0) is 13.5. The molecule has 1 aromatic heterocycles. The minimum absolute atomic E-state index is 0.165. The standard InChI is InChI=1S/C12H16N2O4/c1-3-5-9(11(15)16)14-12(17)13-8(2)10-6-4-7-18-10/h3-4,6-9H,1,5H2,2H3,(H,15,16)(H2,13,14,17). The van der Waals surface area contributed by atoms with Gasteiger partial charge in [-0.25, -0.2) is 9.59 Å². The predicted octanol–water partition coefficient (Wildman–Crippen LogP) is 1.67. The van der Waals surface area contributed by atoms with Gasteiger partial charge in [-0.15, -0.1) is 6.58 Å². The largest absolute Gasteiger partial charge is 0.480 e. The molecule has 1 rings (SSSR count). The number of amides is 2. The van der Waals surface area contributed by atoms with Gasteiger partial charge in [-0.2, -0.15) is 0 Å². The number of carbonyl (C=O) groups is 2. The van der Waals surface area contributed by atoms with E-state index in [2.05, 4.69) is 17.2 Å². The highest BCUT2D eigenvalue weighted by Gasteiger charge is 2.19. The summed E-state index contributed by atoms with van der Waals surface area (Å²) in [5.41, 5.74) is 0. The minimum atomic E-state index is -1.10. The van der Waals surface area contributed by atoms with Crippen molar-refractivity contribution in [3.8, 4) is 0 Å². The quantitative estimate of drug-likeness (QED) is 0.671. The number of carboxylic acid groups (broad SMARTS) is 1. The van der Waals surface area contributed by atoms with Crippen LogP contribution in [-0.4, -0.2) is 23.1 Å². The zero-order valence-electron chi connectivity index (χ0n) is 10.1. The fraction of sp³-hybridized carbons (Fsp3) is 0.333. The Morgan fingerprint density at radius 1 is 1.56 bits per heavy atom. The van der Waals surface area contributed by atoms with Crippen LogP contribution in [0.1, 0.15) is 25.1 Å². The third-order valence-corrected chi connectivity index (χ3v) is 2.32. The van der Waals surface area contributed by atoms with E-state index in [1.165, 1.54) is 12.3 Å². The maximum absolute atomic E-state index is 11.6. The second-order valence-corrected chi connectivity index (χ2v) is 3.77. The molecule has 6 heteroatoms. The van der Waals surface area contributed by atoms with Crippen LogP contribution in [-0.2, 0) is 4.79 Å². The second kappa shape index (κ2) is 6.48. The van der Waals surface area contributed by atoms with Crippen molar-refractivity contribution >= 4 is 12.0 Å². The van der Waals surface area contributed by atoms with Crippen LogP contribution in [0.3, 0.4) is 0 Å². The average molecular weight is 252 g/mol. The number of carbonyl (C=O) groups excluding carboxylic acids is 1. The van der Waals surface area contributed by atoms with Gasteiger partial charge in [0.25, 0.3) is 0 Å². The Hall–Kier alpha value is -2.24. The van der Waals surface area contributed by atoms with Crippen molar-refractivity contribution < 1.29 is 19.1 Å². The monoisotopic (exact) mass is 252 g/mol. The molecule has 1 heterocycles. The van der Waals surface area contributed by atoms with Crippen LogP contribution < -0.4 is 10.6 Å². The smallest absolute Gasteiger partial charge is 0.326 e. The zero-order valence-corrected chi connectivity index (χ0v) is 10.1. The summed E-state index contributed by atoms with van der Waals surface area (Å²) in [4.78, 5) is 22.4. The number of hydrogen-bond donors (Lipinski definition) is 3. The van der Waals surface area contributed by atoms with E-state index in [0.717, 1.165) is 0 Å². The van der Waals surface area contributed by atoms with Crippen molar-refractivity contribution in [1.82, 2.24) is 10.6 Å². The second-order valence-electron chi connectivity index (χ2n) is 3.77. The Bertz CT molecular complexity index is 414. The van der Waals surface area contributed by atoms with Gasteiger partial charge in [-0.05, 0) is 25.5 Å². The summed E-state index contributed by atoms with van der Waals surface area (Å²) >= 11 is 0. The molecular formula is C12H16N2O4. The molecule has 3 N–H and O–H groups in total. The topological polar surface area (TPSA) is 91.6 Å². The number of furan rings is 1. The van der Waals surface area contributed by atoms with E-state index in [4.69, 9.17) is 9.52 Å². The lowest BCUT2D eigenvalue weighted by molar-refractivity contribution is -0.139. The van der Waals surface area contributed by atoms with Crippen LogP contribution in [0.2, 0.25) is 0 Å². The Kier molecular flexibility index (Phi) is 4.98. The third kappa shape index (κ3) is 3.97. The normalized spacial score (nSPS) is 13.4. The molecule has 0 aromatic carbocycles. The summed E-state index contributed by atoms with van der Waals surface area (Å²) in [5.74, 6) is -0.503. The van der Waals surface area contributed by atoms with Gasteiger partial charge in [-0.1, -0.05) is 6.08 Å². The molecule has 0 spiro atoms. The fourth-order valence-corrected chi connectivity index (χ4v) is 1.39. The number of nitrogens with one attached hydrogen (secondary N) is 2. The van der Waals surface area contributed by atoms with Crippen LogP contribution in [0.25, 0.3) is 0 Å². The molecule has 0 radical (unpaired) electrons. The number of hydrogen-bond acceptors (Lipinski definition) is 3. The maximum Gasteiger partial charge on any atom is 0.326 e. The lowest BCUT2D eigenvalue weighted by Gasteiger charge is -2.16. The highest BCUT2D eigenvalue weighted by Crippen LogP contribution is 2.11. The minimum Gasteiger partial charge on any atom is -0.480 e. The predicted molar refractivity (Wildman–Crippen MR) is 65.0 cm³/mol. The molecular weight excluding hydrogens is 236 g/mol. The van der Waals surface area contributed by atoms with E-state index in [-0.39, 0.29) is 12.5 Å². The van der Waals surface area contributed by atoms with Gasteiger partial charge in [-0.3, -0.25) is 0 Å². The van der Waals surface area contributed by atoms with Crippen molar-refractivity contribution in [2.75, 3.05) is 0 Å². The van der Waals surface area contributed by atoms with E-state index < -0.39 is 18.0 Å². The van der Waals surface area contributed by atoms with Crippen LogP contribution in [0.4, 0.5) is 4.79 Å². The van der Waals surface area contributed by atoms with Crippen molar-refractivity contribution in [1.29, 1.82) is 0 Å². The Morgan fingerprint density at radius 2 is 2.28 bits per heavy atom. The average Bonchev–Trinajstić information content (AvgIpc) is 2.81. The first kappa shape index (κ1) is 13.8. The lowest BCUT2D eigenvalue weighted by Crippen LogP contribution is -2.46. The fourth-order valence-electron chi connectivity index (χ4n) is 1.39. The Morgan fingerprint density at radius 3 is 2.78 bits per heavy atom. The van der Waals surface area contributed by atoms with Gasteiger partial charge in [0.05, 0.1) is 12.3 Å². The van der Waals surface area contributed by atoms with Crippen molar-refractivity contribution in [2.24, 2.45) is 0 Å². The molecule has 1 aromatic rings. The molecule has 2 amide bonds. The summed E-state index contributed by atoms with van der Waals surface area (Å²) in [6.45, 7) is 5.18.